The summed E-state index contributed by atoms with van der Waals surface area (Å²) in [5.74, 6) is -0.502. The minimum atomic E-state index is -0.484. The van der Waals surface area contributed by atoms with E-state index in [4.69, 9.17) is 11.6 Å². The molecule has 1 aliphatic heterocycles. The molecule has 28 heavy (non-hydrogen) atoms. The Kier molecular flexibility index (Phi) is 6.51. The van der Waals surface area contributed by atoms with Crippen molar-refractivity contribution >= 4 is 35.2 Å². The molecular weight excluding hydrogens is 403 g/mol. The van der Waals surface area contributed by atoms with Gasteiger partial charge >= 0.3 is 0 Å². The number of carbonyl (C=O) groups excluding carboxylic acids is 2. The van der Waals surface area contributed by atoms with Crippen molar-refractivity contribution in [2.45, 2.75) is 19.0 Å². The standard InChI is InChI=1S/C19H20ClFN4O2S/c1-12-9-13(2)23-19(22-12)28-11-17(26)24-5-7-25(8-6-24)18(27)15-4-3-14(21)10-16(15)20/h3-4,9-10H,5-8,11H2,1-2H3. The molecule has 0 saturated carbocycles. The molecular formula is C19H20ClFN4O2S. The lowest BCUT2D eigenvalue weighted by atomic mass is 10.1. The minimum Gasteiger partial charge on any atom is -0.338 e. The summed E-state index contributed by atoms with van der Waals surface area (Å²) in [7, 11) is 0. The number of hydrogen-bond acceptors (Lipinski definition) is 5. The Morgan fingerprint density at radius 1 is 1.07 bits per heavy atom. The van der Waals surface area contributed by atoms with Crippen molar-refractivity contribution < 1.29 is 14.0 Å². The predicted octanol–water partition coefficient (Wildman–Crippen LogP) is 2.96. The van der Waals surface area contributed by atoms with E-state index in [0.717, 1.165) is 17.5 Å². The normalized spacial score (nSPS) is 14.3. The van der Waals surface area contributed by atoms with Crippen LogP contribution in [0.3, 0.4) is 0 Å². The zero-order chi connectivity index (χ0) is 20.3. The Morgan fingerprint density at radius 2 is 1.68 bits per heavy atom. The molecule has 0 radical (unpaired) electrons. The van der Waals surface area contributed by atoms with Gasteiger partial charge in [-0.3, -0.25) is 9.59 Å². The lowest BCUT2D eigenvalue weighted by Crippen LogP contribution is -2.51. The van der Waals surface area contributed by atoms with Crippen LogP contribution >= 0.6 is 23.4 Å². The molecule has 1 aromatic heterocycles. The van der Waals surface area contributed by atoms with Crippen LogP contribution in [0.25, 0.3) is 0 Å². The maximum atomic E-state index is 13.2. The van der Waals surface area contributed by atoms with Crippen molar-refractivity contribution in [2.75, 3.05) is 31.9 Å². The number of aryl methyl sites for hydroxylation is 2. The Labute approximate surface area is 172 Å². The molecule has 2 heterocycles. The quantitative estimate of drug-likeness (QED) is 0.559. The molecule has 3 rings (SSSR count). The van der Waals surface area contributed by atoms with Gasteiger partial charge in [0, 0.05) is 37.6 Å². The summed E-state index contributed by atoms with van der Waals surface area (Å²) in [6.45, 7) is 5.48. The first-order valence-electron chi connectivity index (χ1n) is 8.80. The first-order chi connectivity index (χ1) is 13.3. The van der Waals surface area contributed by atoms with Gasteiger partial charge in [-0.25, -0.2) is 14.4 Å². The Bertz CT molecular complexity index is 883. The highest BCUT2D eigenvalue weighted by atomic mass is 35.5. The van der Waals surface area contributed by atoms with Crippen molar-refractivity contribution in [3.05, 3.63) is 52.1 Å². The van der Waals surface area contributed by atoms with Crippen LogP contribution in [0, 0.1) is 19.7 Å². The molecule has 9 heteroatoms. The van der Waals surface area contributed by atoms with Crippen LogP contribution in [-0.2, 0) is 4.79 Å². The van der Waals surface area contributed by atoms with Crippen LogP contribution in [0.2, 0.25) is 5.02 Å². The molecule has 0 unspecified atom stereocenters. The van der Waals surface area contributed by atoms with E-state index in [9.17, 15) is 14.0 Å². The van der Waals surface area contributed by atoms with Crippen LogP contribution in [-0.4, -0.2) is 63.5 Å². The number of hydrogen-bond donors (Lipinski definition) is 0. The second kappa shape index (κ2) is 8.87. The van der Waals surface area contributed by atoms with E-state index in [-0.39, 0.29) is 28.2 Å². The fourth-order valence-corrected chi connectivity index (χ4v) is 4.07. The van der Waals surface area contributed by atoms with Gasteiger partial charge < -0.3 is 9.80 Å². The first-order valence-corrected chi connectivity index (χ1v) is 10.2. The third-order valence-corrected chi connectivity index (χ3v) is 5.51. The van der Waals surface area contributed by atoms with Gasteiger partial charge in [-0.1, -0.05) is 23.4 Å². The van der Waals surface area contributed by atoms with E-state index in [1.807, 2.05) is 19.9 Å². The van der Waals surface area contributed by atoms with Crippen molar-refractivity contribution in [2.24, 2.45) is 0 Å². The van der Waals surface area contributed by atoms with Gasteiger partial charge in [0.1, 0.15) is 5.82 Å². The molecule has 1 fully saturated rings. The monoisotopic (exact) mass is 422 g/mol. The maximum absolute atomic E-state index is 13.2. The lowest BCUT2D eigenvalue weighted by Gasteiger charge is -2.35. The molecule has 0 atom stereocenters. The SMILES string of the molecule is Cc1cc(C)nc(SCC(=O)N2CCN(C(=O)c3ccc(F)cc3Cl)CC2)n1. The van der Waals surface area contributed by atoms with Gasteiger partial charge in [0.15, 0.2) is 5.16 Å². The minimum absolute atomic E-state index is 0.0142. The summed E-state index contributed by atoms with van der Waals surface area (Å²) in [5, 5.41) is 0.680. The summed E-state index contributed by atoms with van der Waals surface area (Å²) in [4.78, 5) is 37.0. The number of halogens is 2. The molecule has 2 amide bonds. The third kappa shape index (κ3) is 4.99. The lowest BCUT2D eigenvalue weighted by molar-refractivity contribution is -0.129. The highest BCUT2D eigenvalue weighted by molar-refractivity contribution is 7.99. The van der Waals surface area contributed by atoms with Gasteiger partial charge in [-0.05, 0) is 38.1 Å². The Hall–Kier alpha value is -2.19. The molecule has 1 aliphatic rings. The molecule has 0 N–H and O–H groups in total. The van der Waals surface area contributed by atoms with Crippen LogP contribution in [0.1, 0.15) is 21.7 Å². The molecule has 6 nitrogen and oxygen atoms in total. The molecule has 1 aromatic carbocycles. The Balaban J connectivity index is 1.53. The summed E-state index contributed by atoms with van der Waals surface area (Å²) < 4.78 is 13.2. The average Bonchev–Trinajstić information content (AvgIpc) is 2.65. The van der Waals surface area contributed by atoms with Crippen molar-refractivity contribution in [1.29, 1.82) is 0 Å². The van der Waals surface area contributed by atoms with E-state index in [0.29, 0.717) is 31.3 Å². The van der Waals surface area contributed by atoms with Gasteiger partial charge in [0.2, 0.25) is 5.91 Å². The second-order valence-corrected chi connectivity index (χ2v) is 7.87. The first kappa shape index (κ1) is 20.5. The number of benzene rings is 1. The second-order valence-electron chi connectivity index (χ2n) is 6.52. The van der Waals surface area contributed by atoms with Gasteiger partial charge in [0.25, 0.3) is 5.91 Å². The fourth-order valence-electron chi connectivity index (χ4n) is 2.97. The number of amides is 2. The van der Waals surface area contributed by atoms with Crippen molar-refractivity contribution in [1.82, 2.24) is 19.8 Å². The van der Waals surface area contributed by atoms with Crippen molar-refractivity contribution in [3.8, 4) is 0 Å². The van der Waals surface area contributed by atoms with Gasteiger partial charge in [-0.2, -0.15) is 0 Å². The largest absolute Gasteiger partial charge is 0.338 e. The summed E-state index contributed by atoms with van der Waals surface area (Å²) >= 11 is 7.29. The fraction of sp³-hybridized carbons (Fsp3) is 0.368. The smallest absolute Gasteiger partial charge is 0.255 e. The molecule has 148 valence electrons. The predicted molar refractivity (Wildman–Crippen MR) is 106 cm³/mol. The van der Waals surface area contributed by atoms with Crippen molar-refractivity contribution in [3.63, 3.8) is 0 Å². The molecule has 0 spiro atoms. The van der Waals surface area contributed by atoms with Gasteiger partial charge in [0.05, 0.1) is 16.3 Å². The number of aromatic nitrogens is 2. The molecule has 0 aliphatic carbocycles. The highest BCUT2D eigenvalue weighted by Gasteiger charge is 2.26. The number of carbonyl (C=O) groups is 2. The van der Waals surface area contributed by atoms with Crippen LogP contribution in [0.5, 0.6) is 0 Å². The average molecular weight is 423 g/mol. The van der Waals surface area contributed by atoms with E-state index in [1.54, 1.807) is 9.80 Å². The van der Waals surface area contributed by atoms with Gasteiger partial charge in [-0.15, -0.1) is 0 Å². The summed E-state index contributed by atoms with van der Waals surface area (Å²) in [6.07, 6.45) is 0. The number of nitrogens with zero attached hydrogens (tertiary/aromatic N) is 4. The van der Waals surface area contributed by atoms with E-state index in [2.05, 4.69) is 9.97 Å². The van der Waals surface area contributed by atoms with Crippen LogP contribution in [0.4, 0.5) is 4.39 Å². The molecule has 1 saturated heterocycles. The summed E-state index contributed by atoms with van der Waals surface area (Å²) in [6, 6.07) is 5.61. The number of thioether (sulfide) groups is 1. The molecule has 2 aromatic rings. The van der Waals surface area contributed by atoms with Crippen LogP contribution < -0.4 is 0 Å². The zero-order valence-corrected chi connectivity index (χ0v) is 17.2. The van der Waals surface area contributed by atoms with Crippen LogP contribution in [0.15, 0.2) is 29.4 Å². The topological polar surface area (TPSA) is 66.4 Å². The van der Waals surface area contributed by atoms with E-state index >= 15 is 0 Å². The zero-order valence-electron chi connectivity index (χ0n) is 15.6. The third-order valence-electron chi connectivity index (χ3n) is 4.37. The molecule has 0 bridgehead atoms. The number of rotatable bonds is 4. The van der Waals surface area contributed by atoms with E-state index < -0.39 is 5.82 Å². The summed E-state index contributed by atoms with van der Waals surface area (Å²) in [5.41, 5.74) is 2.01. The Morgan fingerprint density at radius 3 is 2.29 bits per heavy atom. The maximum Gasteiger partial charge on any atom is 0.255 e. The highest BCUT2D eigenvalue weighted by Crippen LogP contribution is 2.20. The van der Waals surface area contributed by atoms with E-state index in [1.165, 1.54) is 23.9 Å². The number of piperazine rings is 1.